The van der Waals surface area contributed by atoms with E-state index in [-0.39, 0.29) is 11.8 Å². The first kappa shape index (κ1) is 14.2. The molecule has 0 aromatic rings. The van der Waals surface area contributed by atoms with Gasteiger partial charge in [-0.05, 0) is 38.0 Å². The summed E-state index contributed by atoms with van der Waals surface area (Å²) in [6, 6.07) is 0.261. The van der Waals surface area contributed by atoms with Crippen LogP contribution in [0.5, 0.6) is 0 Å². The molecule has 2 aliphatic rings. The summed E-state index contributed by atoms with van der Waals surface area (Å²) in [6.07, 6.45) is 3.08. The van der Waals surface area contributed by atoms with Crippen LogP contribution in [0, 0.1) is 11.8 Å². The topological polar surface area (TPSA) is 72.6 Å². The van der Waals surface area contributed by atoms with E-state index >= 15 is 0 Å². The van der Waals surface area contributed by atoms with Gasteiger partial charge in [0.15, 0.2) is 0 Å². The Morgan fingerprint density at radius 1 is 1.28 bits per heavy atom. The van der Waals surface area contributed by atoms with Crippen molar-refractivity contribution in [2.24, 2.45) is 17.6 Å². The average Bonchev–Trinajstić information content (AvgIpc) is 2.72. The minimum atomic E-state index is -3.14. The first-order valence-electron chi connectivity index (χ1n) is 6.84. The Labute approximate surface area is 110 Å². The molecular formula is C12H24N2O3S. The van der Waals surface area contributed by atoms with Crippen LogP contribution in [0.25, 0.3) is 0 Å². The van der Waals surface area contributed by atoms with Gasteiger partial charge in [-0.25, -0.2) is 12.7 Å². The molecule has 1 saturated heterocycles. The van der Waals surface area contributed by atoms with Gasteiger partial charge >= 0.3 is 0 Å². The molecule has 3 atom stereocenters. The summed E-state index contributed by atoms with van der Waals surface area (Å²) in [4.78, 5) is 0. The van der Waals surface area contributed by atoms with Crippen molar-refractivity contribution in [2.45, 2.75) is 32.2 Å². The van der Waals surface area contributed by atoms with E-state index in [1.165, 1.54) is 0 Å². The molecule has 5 nitrogen and oxygen atoms in total. The molecule has 0 aromatic heterocycles. The molecular weight excluding hydrogens is 252 g/mol. The Kier molecular flexibility index (Phi) is 4.64. The Morgan fingerprint density at radius 3 is 2.72 bits per heavy atom. The molecule has 1 heterocycles. The lowest BCUT2D eigenvalue weighted by molar-refractivity contribution is 0.162. The Bertz CT molecular complexity index is 372. The van der Waals surface area contributed by atoms with Crippen molar-refractivity contribution in [2.75, 3.05) is 32.1 Å². The van der Waals surface area contributed by atoms with Gasteiger partial charge in [0.25, 0.3) is 0 Å². The quantitative estimate of drug-likeness (QED) is 0.738. The summed E-state index contributed by atoms with van der Waals surface area (Å²) < 4.78 is 31.1. The SMILES string of the molecule is CCOCCS(=O)(=O)N1C[C@H]2CCC(N)C[C@H]2C1. The smallest absolute Gasteiger partial charge is 0.216 e. The highest BCUT2D eigenvalue weighted by molar-refractivity contribution is 7.89. The van der Waals surface area contributed by atoms with E-state index in [1.54, 1.807) is 4.31 Å². The fraction of sp³-hybridized carbons (Fsp3) is 1.00. The summed E-state index contributed by atoms with van der Waals surface area (Å²) in [5.74, 6) is 1.09. The monoisotopic (exact) mass is 276 g/mol. The maximum Gasteiger partial charge on any atom is 0.216 e. The number of rotatable bonds is 5. The number of fused-ring (bicyclic) bond motifs is 1. The lowest BCUT2D eigenvalue weighted by Crippen LogP contribution is -2.33. The molecule has 0 aromatic carbocycles. The van der Waals surface area contributed by atoms with Crippen molar-refractivity contribution in [1.82, 2.24) is 4.31 Å². The van der Waals surface area contributed by atoms with Crippen LogP contribution in [-0.2, 0) is 14.8 Å². The second kappa shape index (κ2) is 5.86. The van der Waals surface area contributed by atoms with Crippen LogP contribution < -0.4 is 5.73 Å². The Morgan fingerprint density at radius 2 is 2.00 bits per heavy atom. The molecule has 106 valence electrons. The standard InChI is InChI=1S/C12H24N2O3S/c1-2-17-5-6-18(15,16)14-8-10-3-4-12(13)7-11(10)9-14/h10-12H,2-9,13H2,1H3/t10-,11+,12?/m1/s1. The number of nitrogens with two attached hydrogens (primary N) is 1. The van der Waals surface area contributed by atoms with Gasteiger partial charge in [-0.1, -0.05) is 0 Å². The number of hydrogen-bond acceptors (Lipinski definition) is 4. The molecule has 1 aliphatic heterocycles. The van der Waals surface area contributed by atoms with Crippen LogP contribution >= 0.6 is 0 Å². The van der Waals surface area contributed by atoms with Crippen LogP contribution in [0.4, 0.5) is 0 Å². The highest BCUT2D eigenvalue weighted by Gasteiger charge is 2.40. The van der Waals surface area contributed by atoms with Gasteiger partial charge in [0, 0.05) is 25.7 Å². The molecule has 0 radical (unpaired) electrons. The van der Waals surface area contributed by atoms with Gasteiger partial charge in [-0.2, -0.15) is 0 Å². The molecule has 1 saturated carbocycles. The fourth-order valence-electron chi connectivity index (χ4n) is 3.09. The van der Waals surface area contributed by atoms with E-state index in [1.807, 2.05) is 6.92 Å². The summed E-state index contributed by atoms with van der Waals surface area (Å²) in [6.45, 7) is 4.08. The van der Waals surface area contributed by atoms with E-state index < -0.39 is 10.0 Å². The summed E-state index contributed by atoms with van der Waals surface area (Å²) in [7, 11) is -3.14. The van der Waals surface area contributed by atoms with Crippen molar-refractivity contribution in [1.29, 1.82) is 0 Å². The number of ether oxygens (including phenoxy) is 1. The lowest BCUT2D eigenvalue weighted by Gasteiger charge is -2.28. The zero-order valence-corrected chi connectivity index (χ0v) is 11.9. The third-order valence-corrected chi connectivity index (χ3v) is 5.91. The van der Waals surface area contributed by atoms with Gasteiger partial charge in [-0.3, -0.25) is 0 Å². The highest BCUT2D eigenvalue weighted by Crippen LogP contribution is 2.36. The lowest BCUT2D eigenvalue weighted by atomic mass is 9.79. The van der Waals surface area contributed by atoms with Gasteiger partial charge < -0.3 is 10.5 Å². The zero-order valence-electron chi connectivity index (χ0n) is 11.0. The second-order valence-corrected chi connectivity index (χ2v) is 7.51. The minimum Gasteiger partial charge on any atom is -0.381 e. The molecule has 6 heteroatoms. The predicted molar refractivity (Wildman–Crippen MR) is 70.7 cm³/mol. The summed E-state index contributed by atoms with van der Waals surface area (Å²) in [5, 5.41) is 0. The average molecular weight is 276 g/mol. The minimum absolute atomic E-state index is 0.104. The van der Waals surface area contributed by atoms with Crippen molar-refractivity contribution in [3.8, 4) is 0 Å². The predicted octanol–water partition coefficient (Wildman–Crippen LogP) is 0.412. The zero-order chi connectivity index (χ0) is 13.2. The van der Waals surface area contributed by atoms with Crippen molar-refractivity contribution in [3.63, 3.8) is 0 Å². The molecule has 2 fully saturated rings. The van der Waals surface area contributed by atoms with Crippen LogP contribution in [0.15, 0.2) is 0 Å². The molecule has 0 spiro atoms. The number of nitrogens with zero attached hydrogens (tertiary/aromatic N) is 1. The van der Waals surface area contributed by atoms with Crippen LogP contribution in [0.2, 0.25) is 0 Å². The van der Waals surface area contributed by atoms with Crippen molar-refractivity contribution >= 4 is 10.0 Å². The first-order chi connectivity index (χ1) is 8.53. The maximum atomic E-state index is 12.1. The molecule has 2 rings (SSSR count). The van der Waals surface area contributed by atoms with Crippen LogP contribution in [-0.4, -0.2) is 50.8 Å². The van der Waals surface area contributed by atoms with E-state index in [0.29, 0.717) is 38.1 Å². The molecule has 1 unspecified atom stereocenters. The normalized spacial score (nSPS) is 33.6. The summed E-state index contributed by atoms with van der Waals surface area (Å²) in [5.41, 5.74) is 5.96. The van der Waals surface area contributed by atoms with Gasteiger partial charge in [0.05, 0.1) is 12.4 Å². The van der Waals surface area contributed by atoms with E-state index in [0.717, 1.165) is 19.3 Å². The Hall–Kier alpha value is -0.170. The highest BCUT2D eigenvalue weighted by atomic mass is 32.2. The largest absolute Gasteiger partial charge is 0.381 e. The first-order valence-corrected chi connectivity index (χ1v) is 8.45. The number of sulfonamides is 1. The third-order valence-electron chi connectivity index (χ3n) is 4.14. The van der Waals surface area contributed by atoms with Gasteiger partial charge in [-0.15, -0.1) is 0 Å². The fourth-order valence-corrected chi connectivity index (χ4v) is 4.51. The van der Waals surface area contributed by atoms with E-state index in [2.05, 4.69) is 0 Å². The van der Waals surface area contributed by atoms with Crippen LogP contribution in [0.3, 0.4) is 0 Å². The molecule has 1 aliphatic carbocycles. The number of hydrogen-bond donors (Lipinski definition) is 1. The summed E-state index contributed by atoms with van der Waals surface area (Å²) >= 11 is 0. The third kappa shape index (κ3) is 3.23. The van der Waals surface area contributed by atoms with Gasteiger partial charge in [0.2, 0.25) is 10.0 Å². The maximum absolute atomic E-state index is 12.1. The molecule has 18 heavy (non-hydrogen) atoms. The second-order valence-electron chi connectivity index (χ2n) is 5.42. The molecule has 0 amide bonds. The van der Waals surface area contributed by atoms with Crippen molar-refractivity contribution < 1.29 is 13.2 Å². The van der Waals surface area contributed by atoms with Crippen LogP contribution in [0.1, 0.15) is 26.2 Å². The van der Waals surface area contributed by atoms with Crippen molar-refractivity contribution in [3.05, 3.63) is 0 Å². The molecule has 2 N–H and O–H groups in total. The van der Waals surface area contributed by atoms with E-state index in [4.69, 9.17) is 10.5 Å². The Balaban J connectivity index is 1.91. The van der Waals surface area contributed by atoms with E-state index in [9.17, 15) is 8.42 Å². The van der Waals surface area contributed by atoms with Gasteiger partial charge in [0.1, 0.15) is 0 Å². The molecule has 0 bridgehead atoms.